The Morgan fingerprint density at radius 2 is 1.67 bits per heavy atom. The molecular formula is C20H16O4. The largest absolute Gasteiger partial charge is 0.486 e. The molecule has 0 spiro atoms. The number of ether oxygens (including phenoxy) is 1. The van der Waals surface area contributed by atoms with E-state index in [0.29, 0.717) is 11.3 Å². The molecule has 0 saturated carbocycles. The lowest BCUT2D eigenvalue weighted by Crippen LogP contribution is -2.14. The van der Waals surface area contributed by atoms with Gasteiger partial charge in [-0.2, -0.15) is 0 Å². The maximum Gasteiger partial charge on any atom is 0.335 e. The van der Waals surface area contributed by atoms with Gasteiger partial charge in [0.05, 0.1) is 5.56 Å². The molecule has 0 aromatic heterocycles. The summed E-state index contributed by atoms with van der Waals surface area (Å²) in [6.07, 6.45) is 0.148. The zero-order chi connectivity index (χ0) is 16.9. The summed E-state index contributed by atoms with van der Waals surface area (Å²) in [4.78, 5) is 23.0. The molecular weight excluding hydrogens is 304 g/mol. The summed E-state index contributed by atoms with van der Waals surface area (Å²) in [5, 5.41) is 11.1. The van der Waals surface area contributed by atoms with Gasteiger partial charge in [0.2, 0.25) is 0 Å². The minimum atomic E-state index is -1.00. The molecule has 120 valence electrons. The predicted molar refractivity (Wildman–Crippen MR) is 91.6 cm³/mol. The van der Waals surface area contributed by atoms with E-state index in [1.165, 1.54) is 12.1 Å². The van der Waals surface area contributed by atoms with Crippen molar-refractivity contribution in [3.8, 4) is 5.75 Å². The number of carbonyl (C=O) groups excluding carboxylic acids is 1. The molecule has 3 aromatic rings. The van der Waals surface area contributed by atoms with Crippen molar-refractivity contribution in [3.63, 3.8) is 0 Å². The molecule has 0 fully saturated rings. The molecule has 3 rings (SSSR count). The first kappa shape index (κ1) is 15.7. The second-order valence-corrected chi connectivity index (χ2v) is 5.52. The molecule has 24 heavy (non-hydrogen) atoms. The van der Waals surface area contributed by atoms with Gasteiger partial charge in [-0.05, 0) is 40.6 Å². The van der Waals surface area contributed by atoms with Crippen molar-refractivity contribution in [1.82, 2.24) is 0 Å². The van der Waals surface area contributed by atoms with Crippen LogP contribution in [0.2, 0.25) is 0 Å². The number of ketones is 1. The number of benzene rings is 3. The highest BCUT2D eigenvalue weighted by atomic mass is 16.5. The maximum absolute atomic E-state index is 12.1. The summed E-state index contributed by atoms with van der Waals surface area (Å²) in [5.41, 5.74) is 0.845. The number of fused-ring (bicyclic) bond motifs is 1. The van der Waals surface area contributed by atoms with Crippen LogP contribution in [0.4, 0.5) is 0 Å². The Bertz CT molecular complexity index is 899. The van der Waals surface area contributed by atoms with Gasteiger partial charge in [0.1, 0.15) is 12.4 Å². The number of carbonyl (C=O) groups is 2. The number of hydrogen-bond acceptors (Lipinski definition) is 3. The van der Waals surface area contributed by atoms with E-state index in [0.717, 1.165) is 10.8 Å². The lowest BCUT2D eigenvalue weighted by molar-refractivity contribution is -0.120. The van der Waals surface area contributed by atoms with E-state index < -0.39 is 5.97 Å². The Hall–Kier alpha value is -3.14. The van der Waals surface area contributed by atoms with E-state index in [1.54, 1.807) is 12.1 Å². The molecule has 1 N–H and O–H groups in total. The van der Waals surface area contributed by atoms with E-state index in [2.05, 4.69) is 0 Å². The topological polar surface area (TPSA) is 63.6 Å². The first-order valence-corrected chi connectivity index (χ1v) is 7.57. The molecule has 4 heteroatoms. The molecule has 0 bridgehead atoms. The van der Waals surface area contributed by atoms with Crippen LogP contribution >= 0.6 is 0 Å². The Morgan fingerprint density at radius 1 is 0.875 bits per heavy atom. The number of carboxylic acids is 1. The van der Waals surface area contributed by atoms with Crippen LogP contribution in [0.15, 0.2) is 66.7 Å². The zero-order valence-electron chi connectivity index (χ0n) is 12.9. The third-order valence-electron chi connectivity index (χ3n) is 3.70. The minimum absolute atomic E-state index is 0.0460. The van der Waals surface area contributed by atoms with E-state index in [4.69, 9.17) is 9.84 Å². The van der Waals surface area contributed by atoms with Crippen LogP contribution in [0.3, 0.4) is 0 Å². The number of rotatable bonds is 6. The van der Waals surface area contributed by atoms with Crippen molar-refractivity contribution in [3.05, 3.63) is 77.9 Å². The molecule has 0 amide bonds. The fourth-order valence-corrected chi connectivity index (χ4v) is 2.51. The van der Waals surface area contributed by atoms with Crippen LogP contribution < -0.4 is 4.74 Å². The van der Waals surface area contributed by atoms with Gasteiger partial charge in [-0.25, -0.2) is 4.79 Å². The molecule has 0 aliphatic heterocycles. The van der Waals surface area contributed by atoms with Crippen molar-refractivity contribution in [2.75, 3.05) is 6.61 Å². The van der Waals surface area contributed by atoms with Crippen molar-refractivity contribution >= 4 is 22.5 Å². The van der Waals surface area contributed by atoms with E-state index in [1.807, 2.05) is 42.5 Å². The number of hydrogen-bond donors (Lipinski definition) is 1. The fourth-order valence-electron chi connectivity index (χ4n) is 2.51. The van der Waals surface area contributed by atoms with Crippen molar-refractivity contribution < 1.29 is 19.4 Å². The molecule has 0 atom stereocenters. The lowest BCUT2D eigenvalue weighted by Gasteiger charge is -2.07. The molecule has 4 nitrogen and oxygen atoms in total. The van der Waals surface area contributed by atoms with Crippen LogP contribution in [0.1, 0.15) is 15.9 Å². The predicted octanol–water partition coefficient (Wildman–Crippen LogP) is 3.73. The van der Waals surface area contributed by atoms with Crippen LogP contribution in [-0.4, -0.2) is 23.5 Å². The van der Waals surface area contributed by atoms with Gasteiger partial charge in [0, 0.05) is 6.42 Å². The van der Waals surface area contributed by atoms with Gasteiger partial charge in [0.15, 0.2) is 5.78 Å². The monoisotopic (exact) mass is 320 g/mol. The quantitative estimate of drug-likeness (QED) is 0.751. The summed E-state index contributed by atoms with van der Waals surface area (Å²) >= 11 is 0. The second kappa shape index (κ2) is 6.96. The molecule has 0 aliphatic carbocycles. The van der Waals surface area contributed by atoms with Crippen molar-refractivity contribution in [2.45, 2.75) is 6.42 Å². The fraction of sp³-hybridized carbons (Fsp3) is 0.100. The Kier molecular flexibility index (Phi) is 4.57. The average molecular weight is 320 g/mol. The zero-order valence-corrected chi connectivity index (χ0v) is 12.9. The van der Waals surface area contributed by atoms with Crippen molar-refractivity contribution in [1.29, 1.82) is 0 Å². The van der Waals surface area contributed by atoms with Gasteiger partial charge < -0.3 is 9.84 Å². The molecule has 3 aromatic carbocycles. The average Bonchev–Trinajstić information content (AvgIpc) is 2.60. The molecule has 0 radical (unpaired) electrons. The third kappa shape index (κ3) is 3.79. The van der Waals surface area contributed by atoms with Gasteiger partial charge >= 0.3 is 5.97 Å². The molecule has 0 aliphatic rings. The van der Waals surface area contributed by atoms with Gasteiger partial charge in [-0.15, -0.1) is 0 Å². The van der Waals surface area contributed by atoms with Gasteiger partial charge in [0.25, 0.3) is 0 Å². The maximum atomic E-state index is 12.1. The summed E-state index contributed by atoms with van der Waals surface area (Å²) in [5.74, 6) is -0.469. The second-order valence-electron chi connectivity index (χ2n) is 5.52. The van der Waals surface area contributed by atoms with Crippen molar-refractivity contribution in [2.24, 2.45) is 0 Å². The first-order valence-electron chi connectivity index (χ1n) is 7.57. The molecule has 0 heterocycles. The first-order chi connectivity index (χ1) is 11.6. The number of aromatic carboxylic acids is 1. The minimum Gasteiger partial charge on any atom is -0.486 e. The summed E-state index contributed by atoms with van der Waals surface area (Å²) < 4.78 is 5.56. The number of carboxylic acid groups (broad SMARTS) is 1. The summed E-state index contributed by atoms with van der Waals surface area (Å²) in [6, 6.07) is 20.0. The van der Waals surface area contributed by atoms with E-state index >= 15 is 0 Å². The van der Waals surface area contributed by atoms with Crippen LogP contribution in [0.25, 0.3) is 10.8 Å². The lowest BCUT2D eigenvalue weighted by atomic mass is 10.1. The normalized spacial score (nSPS) is 10.5. The molecule has 0 saturated heterocycles. The van der Waals surface area contributed by atoms with Gasteiger partial charge in [-0.1, -0.05) is 42.5 Å². The third-order valence-corrected chi connectivity index (χ3v) is 3.70. The van der Waals surface area contributed by atoms with E-state index in [9.17, 15) is 9.59 Å². The van der Waals surface area contributed by atoms with Crippen LogP contribution in [0.5, 0.6) is 5.75 Å². The Labute approximate surface area is 139 Å². The smallest absolute Gasteiger partial charge is 0.335 e. The Balaban J connectivity index is 1.62. The number of Topliss-reactive ketones (excluding diaryl/α,β-unsaturated/α-hetero) is 1. The standard InChI is InChI=1S/C20H16O4/c21-18(11-14-4-3-7-17(10-14)20(22)23)13-24-19-9-8-15-5-1-2-6-16(15)12-19/h1-10,12H,11,13H2,(H,22,23). The highest BCUT2D eigenvalue weighted by Crippen LogP contribution is 2.20. The van der Waals surface area contributed by atoms with Gasteiger partial charge in [-0.3, -0.25) is 4.79 Å². The highest BCUT2D eigenvalue weighted by Gasteiger charge is 2.08. The van der Waals surface area contributed by atoms with E-state index in [-0.39, 0.29) is 24.4 Å². The summed E-state index contributed by atoms with van der Waals surface area (Å²) in [6.45, 7) is -0.0460. The SMILES string of the molecule is O=C(COc1ccc2ccccc2c1)Cc1cccc(C(=O)O)c1. The Morgan fingerprint density at radius 3 is 2.46 bits per heavy atom. The molecule has 0 unspecified atom stereocenters. The van der Waals surface area contributed by atoms with Crippen LogP contribution in [0, 0.1) is 0 Å². The highest BCUT2D eigenvalue weighted by molar-refractivity contribution is 5.89. The van der Waals surface area contributed by atoms with Crippen LogP contribution in [-0.2, 0) is 11.2 Å². The summed E-state index contributed by atoms with van der Waals surface area (Å²) in [7, 11) is 0.